The van der Waals surface area contributed by atoms with E-state index in [1.165, 1.54) is 11.6 Å². The summed E-state index contributed by atoms with van der Waals surface area (Å²) in [5, 5.41) is 13.8. The lowest BCUT2D eigenvalue weighted by molar-refractivity contribution is 0.158. The molecule has 0 aliphatic carbocycles. The van der Waals surface area contributed by atoms with E-state index in [2.05, 4.69) is 10.3 Å². The zero-order valence-electron chi connectivity index (χ0n) is 15.1. The van der Waals surface area contributed by atoms with Crippen LogP contribution in [0, 0.1) is 0 Å². The first-order chi connectivity index (χ1) is 12.5. The Hall–Kier alpha value is -2.87. The highest BCUT2D eigenvalue weighted by atomic mass is 16.3. The molecular weight excluding hydrogens is 334 g/mol. The molecule has 3 rings (SSSR count). The van der Waals surface area contributed by atoms with Crippen LogP contribution in [0.1, 0.15) is 25.0 Å². The molecule has 0 aliphatic rings. The molecule has 0 unspecified atom stereocenters. The molecule has 0 fully saturated rings. The molecule has 2 aromatic heterocycles. The third kappa shape index (κ3) is 3.03. The molecule has 1 atom stereocenters. The van der Waals surface area contributed by atoms with Crippen LogP contribution in [-0.4, -0.2) is 30.3 Å². The Morgan fingerprint density at radius 3 is 2.50 bits per heavy atom. The van der Waals surface area contributed by atoms with E-state index in [9.17, 15) is 14.7 Å². The molecular formula is C18H23N5O3. The van der Waals surface area contributed by atoms with Gasteiger partial charge in [0.05, 0.1) is 12.6 Å². The summed E-state index contributed by atoms with van der Waals surface area (Å²) in [6.45, 7) is 2.84. The smallest absolute Gasteiger partial charge is 0.332 e. The number of hydrogen-bond donors (Lipinski definition) is 2. The van der Waals surface area contributed by atoms with E-state index < -0.39 is 17.4 Å². The van der Waals surface area contributed by atoms with Gasteiger partial charge in [-0.1, -0.05) is 37.3 Å². The molecule has 0 aliphatic heterocycles. The van der Waals surface area contributed by atoms with Crippen molar-refractivity contribution in [1.82, 2.24) is 18.7 Å². The minimum Gasteiger partial charge on any atom is -0.387 e. The van der Waals surface area contributed by atoms with Crippen molar-refractivity contribution in [3.8, 4) is 0 Å². The normalized spacial score (nSPS) is 12.5. The van der Waals surface area contributed by atoms with E-state index in [-0.39, 0.29) is 6.54 Å². The van der Waals surface area contributed by atoms with Gasteiger partial charge in [-0.05, 0) is 12.0 Å². The van der Waals surface area contributed by atoms with Gasteiger partial charge in [0.2, 0.25) is 5.95 Å². The lowest BCUT2D eigenvalue weighted by atomic mass is 10.1. The summed E-state index contributed by atoms with van der Waals surface area (Å²) in [5.74, 6) is 0.468. The fourth-order valence-corrected chi connectivity index (χ4v) is 2.95. The lowest BCUT2D eigenvalue weighted by Crippen LogP contribution is -2.37. The zero-order valence-corrected chi connectivity index (χ0v) is 15.1. The maximum absolute atomic E-state index is 12.7. The molecule has 8 nitrogen and oxygen atoms in total. The van der Waals surface area contributed by atoms with Crippen LogP contribution in [0.2, 0.25) is 0 Å². The van der Waals surface area contributed by atoms with Crippen LogP contribution in [0.4, 0.5) is 5.95 Å². The van der Waals surface area contributed by atoms with Gasteiger partial charge in [0.25, 0.3) is 5.56 Å². The van der Waals surface area contributed by atoms with Crippen LogP contribution in [0.25, 0.3) is 11.2 Å². The van der Waals surface area contributed by atoms with Crippen molar-refractivity contribution >= 4 is 17.1 Å². The molecule has 8 heteroatoms. The number of anilines is 1. The Bertz CT molecular complexity index is 1030. The quantitative estimate of drug-likeness (QED) is 0.686. The van der Waals surface area contributed by atoms with Crippen LogP contribution >= 0.6 is 0 Å². The molecule has 2 heterocycles. The van der Waals surface area contributed by atoms with Crippen molar-refractivity contribution in [2.45, 2.75) is 26.0 Å². The Kier molecular flexibility index (Phi) is 4.94. The molecule has 0 bridgehead atoms. The highest BCUT2D eigenvalue weighted by Crippen LogP contribution is 2.21. The largest absolute Gasteiger partial charge is 0.387 e. The monoisotopic (exact) mass is 357 g/mol. The van der Waals surface area contributed by atoms with Gasteiger partial charge < -0.3 is 15.0 Å². The summed E-state index contributed by atoms with van der Waals surface area (Å²) in [4.78, 5) is 29.3. The summed E-state index contributed by atoms with van der Waals surface area (Å²) >= 11 is 0. The summed E-state index contributed by atoms with van der Waals surface area (Å²) in [6.07, 6.45) is 0.0687. The number of aliphatic hydroxyl groups is 1. The summed E-state index contributed by atoms with van der Waals surface area (Å²) in [5.41, 5.74) is 0.482. The van der Waals surface area contributed by atoms with Crippen molar-refractivity contribution in [2.75, 3.05) is 11.9 Å². The first-order valence-electron chi connectivity index (χ1n) is 8.58. The van der Waals surface area contributed by atoms with E-state index in [1.807, 2.05) is 37.3 Å². The predicted molar refractivity (Wildman–Crippen MR) is 100 cm³/mol. The lowest BCUT2D eigenvalue weighted by Gasteiger charge is -2.15. The fraction of sp³-hybridized carbons (Fsp3) is 0.389. The standard InChI is InChI=1S/C18H23N5O3/c1-4-10-19-17-20-15-14(16(25)22(3)18(26)21(15)2)23(17)11-13(24)12-8-6-5-7-9-12/h5-9,13,24H,4,10-11H2,1-3H3,(H,19,20)/t13-/m1/s1. The van der Waals surface area contributed by atoms with Gasteiger partial charge in [-0.15, -0.1) is 0 Å². The Labute approximate surface area is 150 Å². The topological polar surface area (TPSA) is 94.1 Å². The van der Waals surface area contributed by atoms with Crippen molar-refractivity contribution in [3.63, 3.8) is 0 Å². The van der Waals surface area contributed by atoms with Gasteiger partial charge in [-0.2, -0.15) is 4.98 Å². The van der Waals surface area contributed by atoms with Crippen molar-refractivity contribution < 1.29 is 5.11 Å². The second-order valence-electron chi connectivity index (χ2n) is 6.28. The maximum Gasteiger partial charge on any atom is 0.332 e. The van der Waals surface area contributed by atoms with E-state index in [0.717, 1.165) is 16.6 Å². The highest BCUT2D eigenvalue weighted by molar-refractivity contribution is 5.74. The van der Waals surface area contributed by atoms with Crippen molar-refractivity contribution in [1.29, 1.82) is 0 Å². The van der Waals surface area contributed by atoms with E-state index >= 15 is 0 Å². The number of rotatable bonds is 6. The number of nitrogens with one attached hydrogen (secondary N) is 1. The Morgan fingerprint density at radius 1 is 1.15 bits per heavy atom. The van der Waals surface area contributed by atoms with Crippen molar-refractivity contribution in [3.05, 3.63) is 56.7 Å². The van der Waals surface area contributed by atoms with Gasteiger partial charge in [0, 0.05) is 20.6 Å². The highest BCUT2D eigenvalue weighted by Gasteiger charge is 2.21. The molecule has 0 amide bonds. The summed E-state index contributed by atoms with van der Waals surface area (Å²) < 4.78 is 4.06. The third-order valence-electron chi connectivity index (χ3n) is 4.42. The van der Waals surface area contributed by atoms with Crippen molar-refractivity contribution in [2.24, 2.45) is 14.1 Å². The molecule has 1 aromatic carbocycles. The van der Waals surface area contributed by atoms with Crippen LogP contribution in [-0.2, 0) is 20.6 Å². The van der Waals surface area contributed by atoms with Crippen LogP contribution in [0.5, 0.6) is 0 Å². The number of nitrogens with zero attached hydrogens (tertiary/aromatic N) is 4. The van der Waals surface area contributed by atoms with E-state index in [4.69, 9.17) is 0 Å². The summed E-state index contributed by atoms with van der Waals surface area (Å²) in [6, 6.07) is 9.24. The minimum atomic E-state index is -0.808. The van der Waals surface area contributed by atoms with Crippen LogP contribution < -0.4 is 16.6 Å². The molecule has 0 saturated heterocycles. The number of hydrogen-bond acceptors (Lipinski definition) is 5. The predicted octanol–water partition coefficient (Wildman–Crippen LogP) is 0.989. The number of benzene rings is 1. The van der Waals surface area contributed by atoms with Gasteiger partial charge in [0.15, 0.2) is 11.2 Å². The van der Waals surface area contributed by atoms with Gasteiger partial charge in [-0.25, -0.2) is 4.79 Å². The Balaban J connectivity index is 2.18. The number of imidazole rings is 1. The first-order valence-corrected chi connectivity index (χ1v) is 8.58. The summed E-state index contributed by atoms with van der Waals surface area (Å²) in [7, 11) is 3.02. The third-order valence-corrected chi connectivity index (χ3v) is 4.42. The average molecular weight is 357 g/mol. The van der Waals surface area contributed by atoms with E-state index in [1.54, 1.807) is 11.6 Å². The molecule has 3 aromatic rings. The molecule has 0 spiro atoms. The molecule has 2 N–H and O–H groups in total. The van der Waals surface area contributed by atoms with Gasteiger partial charge in [0.1, 0.15) is 0 Å². The van der Waals surface area contributed by atoms with Gasteiger partial charge in [-0.3, -0.25) is 13.9 Å². The fourth-order valence-electron chi connectivity index (χ4n) is 2.95. The Morgan fingerprint density at radius 2 is 1.85 bits per heavy atom. The van der Waals surface area contributed by atoms with Gasteiger partial charge >= 0.3 is 5.69 Å². The molecule has 26 heavy (non-hydrogen) atoms. The molecule has 138 valence electrons. The second-order valence-corrected chi connectivity index (χ2v) is 6.28. The number of aromatic nitrogens is 4. The zero-order chi connectivity index (χ0) is 18.8. The second kappa shape index (κ2) is 7.17. The maximum atomic E-state index is 12.7. The minimum absolute atomic E-state index is 0.153. The van der Waals surface area contributed by atoms with Crippen LogP contribution in [0.3, 0.4) is 0 Å². The SMILES string of the molecule is CCCNc1nc2c(c(=O)n(C)c(=O)n2C)n1C[C@@H](O)c1ccccc1. The number of aliphatic hydroxyl groups excluding tert-OH is 1. The molecule has 0 radical (unpaired) electrons. The molecule has 0 saturated carbocycles. The average Bonchev–Trinajstić information content (AvgIpc) is 3.02. The first kappa shape index (κ1) is 17.9. The number of fused-ring (bicyclic) bond motifs is 1. The van der Waals surface area contributed by atoms with E-state index in [0.29, 0.717) is 23.7 Å². The van der Waals surface area contributed by atoms with Crippen LogP contribution in [0.15, 0.2) is 39.9 Å². The number of aryl methyl sites for hydroxylation is 1.